The minimum absolute atomic E-state index is 0.158. The van der Waals surface area contributed by atoms with Crippen LogP contribution < -0.4 is 4.74 Å². The third-order valence-corrected chi connectivity index (χ3v) is 8.56. The molecular formula is C22H25NO4. The van der Waals surface area contributed by atoms with Crippen LogP contribution in [0.15, 0.2) is 24.3 Å². The maximum atomic E-state index is 12.7. The van der Waals surface area contributed by atoms with Crippen molar-refractivity contribution in [3.8, 4) is 11.5 Å². The van der Waals surface area contributed by atoms with Crippen LogP contribution in [0.4, 0.5) is 0 Å². The Bertz CT molecular complexity index is 925. The molecule has 2 heterocycles. The van der Waals surface area contributed by atoms with Crippen molar-refractivity contribution in [3.63, 3.8) is 0 Å². The van der Waals surface area contributed by atoms with Gasteiger partial charge in [-0.05, 0) is 51.4 Å². The Morgan fingerprint density at radius 3 is 2.93 bits per heavy atom. The first-order valence-electron chi connectivity index (χ1n) is 9.89. The SMILES string of the molecule is CO[C@]12C=CC3(CC1C(C)=O)C1Cc4ccc(O)c5c4C3(CCN1C)C2O5. The average molecular weight is 367 g/mol. The second-order valence-electron chi connectivity index (χ2n) is 9.17. The van der Waals surface area contributed by atoms with Crippen molar-refractivity contribution in [3.05, 3.63) is 35.4 Å². The second-order valence-corrected chi connectivity index (χ2v) is 9.17. The number of carbonyl (C=O) groups is 1. The number of phenols is 1. The number of rotatable bonds is 2. The molecule has 27 heavy (non-hydrogen) atoms. The Hall–Kier alpha value is -1.85. The van der Waals surface area contributed by atoms with Gasteiger partial charge in [0.15, 0.2) is 11.5 Å². The smallest absolute Gasteiger partial charge is 0.165 e. The van der Waals surface area contributed by atoms with Gasteiger partial charge in [0.25, 0.3) is 0 Å². The molecule has 0 amide bonds. The van der Waals surface area contributed by atoms with Gasteiger partial charge in [-0.3, -0.25) is 4.79 Å². The molecule has 4 bridgehead atoms. The van der Waals surface area contributed by atoms with Crippen molar-refractivity contribution < 1.29 is 19.4 Å². The van der Waals surface area contributed by atoms with Crippen LogP contribution in [0.5, 0.6) is 11.5 Å². The maximum Gasteiger partial charge on any atom is 0.165 e. The highest BCUT2D eigenvalue weighted by Crippen LogP contribution is 2.74. The molecule has 2 spiro atoms. The lowest BCUT2D eigenvalue weighted by atomic mass is 9.37. The van der Waals surface area contributed by atoms with Gasteiger partial charge >= 0.3 is 0 Å². The van der Waals surface area contributed by atoms with Crippen LogP contribution in [0, 0.1) is 11.3 Å². The lowest BCUT2D eigenvalue weighted by molar-refractivity contribution is -0.212. The highest BCUT2D eigenvalue weighted by atomic mass is 16.6. The van der Waals surface area contributed by atoms with E-state index in [2.05, 4.69) is 30.2 Å². The highest BCUT2D eigenvalue weighted by molar-refractivity contribution is 5.82. The summed E-state index contributed by atoms with van der Waals surface area (Å²) in [7, 11) is 3.89. The first-order chi connectivity index (χ1) is 12.9. The minimum atomic E-state index is -0.770. The van der Waals surface area contributed by atoms with E-state index < -0.39 is 5.60 Å². The molecule has 1 N–H and O–H groups in total. The molecule has 0 aromatic heterocycles. The molecule has 1 saturated carbocycles. The molecule has 5 heteroatoms. The molecular weight excluding hydrogens is 342 g/mol. The summed E-state index contributed by atoms with van der Waals surface area (Å²) in [5.74, 6) is 0.762. The van der Waals surface area contributed by atoms with Gasteiger partial charge in [0.05, 0.1) is 11.3 Å². The molecule has 7 rings (SSSR count). The number of ether oxygens (including phenoxy) is 2. The summed E-state index contributed by atoms with van der Waals surface area (Å²) >= 11 is 0. The highest BCUT2D eigenvalue weighted by Gasteiger charge is 2.79. The summed E-state index contributed by atoms with van der Waals surface area (Å²) in [6.45, 7) is 2.66. The van der Waals surface area contributed by atoms with E-state index in [1.165, 1.54) is 11.1 Å². The van der Waals surface area contributed by atoms with E-state index in [1.807, 2.05) is 0 Å². The zero-order valence-corrected chi connectivity index (χ0v) is 16.0. The van der Waals surface area contributed by atoms with Crippen LogP contribution in [0.2, 0.25) is 0 Å². The van der Waals surface area contributed by atoms with Crippen molar-refractivity contribution in [2.24, 2.45) is 11.3 Å². The predicted octanol–water partition coefficient (Wildman–Crippen LogP) is 2.20. The number of carbonyl (C=O) groups excluding carboxylic acids is 1. The Balaban J connectivity index is 1.73. The first kappa shape index (κ1) is 16.1. The molecule has 6 atom stereocenters. The molecule has 1 aromatic rings. The lowest BCUT2D eigenvalue weighted by Crippen LogP contribution is -2.79. The molecule has 1 aromatic carbocycles. The number of methoxy groups -OCH3 is 1. The molecule has 6 aliphatic rings. The van der Waals surface area contributed by atoms with E-state index in [4.69, 9.17) is 9.47 Å². The normalized spacial score (nSPS) is 45.5. The monoisotopic (exact) mass is 367 g/mol. The van der Waals surface area contributed by atoms with Gasteiger partial charge in [-0.15, -0.1) is 0 Å². The van der Waals surface area contributed by atoms with E-state index in [-0.39, 0.29) is 34.4 Å². The summed E-state index contributed by atoms with van der Waals surface area (Å²) in [6, 6.07) is 4.15. The molecule has 2 fully saturated rings. The number of phenolic OH excluding ortho intramolecular Hbond substituents is 1. The van der Waals surface area contributed by atoms with Crippen LogP contribution in [-0.2, 0) is 21.4 Å². The summed E-state index contributed by atoms with van der Waals surface area (Å²) in [4.78, 5) is 15.2. The molecule has 2 aliphatic heterocycles. The summed E-state index contributed by atoms with van der Waals surface area (Å²) in [5, 5.41) is 10.6. The first-order valence-corrected chi connectivity index (χ1v) is 9.89. The fourth-order valence-electron chi connectivity index (χ4n) is 7.52. The van der Waals surface area contributed by atoms with Crippen LogP contribution >= 0.6 is 0 Å². The van der Waals surface area contributed by atoms with Gasteiger partial charge in [0.2, 0.25) is 0 Å². The third kappa shape index (κ3) is 1.43. The topological polar surface area (TPSA) is 59.0 Å². The minimum Gasteiger partial charge on any atom is -0.504 e. The quantitative estimate of drug-likeness (QED) is 0.812. The molecule has 1 saturated heterocycles. The van der Waals surface area contributed by atoms with Gasteiger partial charge < -0.3 is 19.5 Å². The number of nitrogens with zero attached hydrogens (tertiary/aromatic N) is 1. The number of likely N-dealkylation sites (N-methyl/N-ethyl adjacent to an activating group) is 1. The fourth-order valence-corrected chi connectivity index (χ4v) is 7.52. The van der Waals surface area contributed by atoms with Crippen LogP contribution in [-0.4, -0.2) is 54.2 Å². The van der Waals surface area contributed by atoms with E-state index in [0.717, 1.165) is 25.8 Å². The number of likely N-dealkylation sites (tertiary alicyclic amines) is 1. The Morgan fingerprint density at radius 2 is 2.19 bits per heavy atom. The number of benzene rings is 1. The third-order valence-electron chi connectivity index (χ3n) is 8.56. The van der Waals surface area contributed by atoms with Gasteiger partial charge in [0.1, 0.15) is 17.5 Å². The number of aromatic hydroxyl groups is 1. The summed E-state index contributed by atoms with van der Waals surface area (Å²) in [6.07, 6.45) is 6.85. The Morgan fingerprint density at radius 1 is 1.37 bits per heavy atom. The average Bonchev–Trinajstić information content (AvgIpc) is 3.03. The Labute approximate surface area is 158 Å². The molecule has 142 valence electrons. The van der Waals surface area contributed by atoms with Crippen molar-refractivity contribution >= 4 is 5.78 Å². The van der Waals surface area contributed by atoms with Gasteiger partial charge in [-0.2, -0.15) is 0 Å². The number of hydrogen-bond donors (Lipinski definition) is 1. The Kier molecular flexibility index (Phi) is 2.74. The van der Waals surface area contributed by atoms with Crippen molar-refractivity contribution in [1.29, 1.82) is 0 Å². The number of ketones is 1. The molecule has 4 aliphatic carbocycles. The van der Waals surface area contributed by atoms with E-state index >= 15 is 0 Å². The summed E-state index contributed by atoms with van der Waals surface area (Å²) in [5.41, 5.74) is 1.30. The van der Waals surface area contributed by atoms with Gasteiger partial charge in [0, 0.05) is 24.1 Å². The van der Waals surface area contributed by atoms with Crippen molar-refractivity contribution in [2.45, 2.75) is 49.3 Å². The van der Waals surface area contributed by atoms with Crippen LogP contribution in [0.1, 0.15) is 30.9 Å². The lowest BCUT2D eigenvalue weighted by Gasteiger charge is -2.70. The second kappa shape index (κ2) is 4.58. The number of piperidine rings is 1. The maximum absolute atomic E-state index is 12.7. The van der Waals surface area contributed by atoms with Crippen molar-refractivity contribution in [1.82, 2.24) is 4.90 Å². The van der Waals surface area contributed by atoms with Gasteiger partial charge in [-0.25, -0.2) is 0 Å². The number of fused-ring (bicyclic) bond motifs is 1. The van der Waals surface area contributed by atoms with E-state index in [9.17, 15) is 9.90 Å². The molecule has 0 radical (unpaired) electrons. The standard InChI is InChI=1S/C22H25NO4/c1-12(24)14-11-20-6-7-22(14,26-3)19-21(20)8-9-23(2)16(20)10-13-4-5-15(25)18(27-19)17(13)21/h4-7,14,16,19,25H,8-11H2,1-3H3/t14?,16?,19?,20?,21?,22-/m1/s1. The zero-order valence-electron chi connectivity index (χ0n) is 16.0. The number of Topliss-reactive ketones (excluding diaryl/α,β-unsaturated/α-hetero) is 1. The summed E-state index contributed by atoms with van der Waals surface area (Å²) < 4.78 is 12.7. The fraction of sp³-hybridized carbons (Fsp3) is 0.591. The predicted molar refractivity (Wildman–Crippen MR) is 99.0 cm³/mol. The van der Waals surface area contributed by atoms with Gasteiger partial charge in [-0.1, -0.05) is 18.2 Å². The van der Waals surface area contributed by atoms with Crippen LogP contribution in [0.25, 0.3) is 0 Å². The van der Waals surface area contributed by atoms with Crippen molar-refractivity contribution in [2.75, 3.05) is 20.7 Å². The number of hydrogen-bond acceptors (Lipinski definition) is 5. The molecule has 5 unspecified atom stereocenters. The zero-order chi connectivity index (χ0) is 18.8. The van der Waals surface area contributed by atoms with Crippen LogP contribution in [0.3, 0.4) is 0 Å². The van der Waals surface area contributed by atoms with E-state index in [0.29, 0.717) is 11.8 Å². The molecule has 5 nitrogen and oxygen atoms in total. The van der Waals surface area contributed by atoms with E-state index in [1.54, 1.807) is 20.1 Å². The largest absolute Gasteiger partial charge is 0.504 e.